The molecule has 0 unspecified atom stereocenters. The highest BCUT2D eigenvalue weighted by molar-refractivity contribution is 6.12. The van der Waals surface area contributed by atoms with Gasteiger partial charge in [0.1, 0.15) is 17.8 Å². The molecule has 158 valence electrons. The predicted molar refractivity (Wildman–Crippen MR) is 116 cm³/mol. The third-order valence-electron chi connectivity index (χ3n) is 5.68. The van der Waals surface area contributed by atoms with Gasteiger partial charge in [-0.1, -0.05) is 11.2 Å². The molecule has 0 amide bonds. The average molecular weight is 410 g/mol. The Balaban J connectivity index is 1.51. The van der Waals surface area contributed by atoms with Gasteiger partial charge in [-0.15, -0.1) is 0 Å². The van der Waals surface area contributed by atoms with Crippen molar-refractivity contribution in [1.82, 2.24) is 9.91 Å². The minimum atomic E-state index is -0.111. The van der Waals surface area contributed by atoms with Crippen LogP contribution in [0.5, 0.6) is 5.75 Å². The van der Waals surface area contributed by atoms with E-state index >= 15 is 0 Å². The molecule has 0 radical (unpaired) electrons. The van der Waals surface area contributed by atoms with E-state index in [0.717, 1.165) is 62.0 Å². The second kappa shape index (κ2) is 9.17. The molecular formula is C20H26N8O2. The number of nitrogens with one attached hydrogen (secondary N) is 1. The van der Waals surface area contributed by atoms with E-state index in [1.54, 1.807) is 20.6 Å². The summed E-state index contributed by atoms with van der Waals surface area (Å²) in [7, 11) is 3.33. The van der Waals surface area contributed by atoms with Gasteiger partial charge in [0.2, 0.25) is 0 Å². The number of hydrogen-bond donors (Lipinski definition) is 1. The number of piperidine rings is 1. The first kappa shape index (κ1) is 20.2. The molecule has 1 aromatic carbocycles. The molecule has 2 atom stereocenters. The van der Waals surface area contributed by atoms with Gasteiger partial charge in [0.05, 0.1) is 19.3 Å². The molecule has 1 aromatic rings. The summed E-state index contributed by atoms with van der Waals surface area (Å²) in [5.41, 5.74) is 12.0. The third-order valence-corrected chi connectivity index (χ3v) is 5.68. The van der Waals surface area contributed by atoms with Crippen LogP contribution in [0.4, 0.5) is 5.69 Å². The highest BCUT2D eigenvalue weighted by Gasteiger charge is 2.33. The number of rotatable bonds is 6. The predicted octanol–water partition coefficient (Wildman–Crippen LogP) is 2.82. The van der Waals surface area contributed by atoms with E-state index in [0.29, 0.717) is 0 Å². The van der Waals surface area contributed by atoms with Gasteiger partial charge in [0.25, 0.3) is 0 Å². The molecule has 3 aliphatic rings. The molecule has 4 rings (SSSR count). The number of methoxy groups -OCH3 is 2. The van der Waals surface area contributed by atoms with Crippen LogP contribution in [0.2, 0.25) is 0 Å². The molecule has 0 aromatic heterocycles. The Kier molecular flexibility index (Phi) is 6.18. The molecule has 0 spiro atoms. The average Bonchev–Trinajstić information content (AvgIpc) is 3.19. The van der Waals surface area contributed by atoms with Crippen molar-refractivity contribution in [1.29, 1.82) is 0 Å². The van der Waals surface area contributed by atoms with Crippen LogP contribution < -0.4 is 10.1 Å². The third kappa shape index (κ3) is 4.25. The Hall–Kier alpha value is -3.07. The smallest absolute Gasteiger partial charge is 0.157 e. The molecule has 10 nitrogen and oxygen atoms in total. The molecule has 0 bridgehead atoms. The van der Waals surface area contributed by atoms with Crippen LogP contribution in [0.25, 0.3) is 10.4 Å². The fourth-order valence-electron chi connectivity index (χ4n) is 4.16. The van der Waals surface area contributed by atoms with Crippen molar-refractivity contribution < 1.29 is 9.47 Å². The van der Waals surface area contributed by atoms with Gasteiger partial charge < -0.3 is 14.8 Å². The minimum Gasteiger partial charge on any atom is -0.497 e. The van der Waals surface area contributed by atoms with Gasteiger partial charge >= 0.3 is 0 Å². The van der Waals surface area contributed by atoms with E-state index in [9.17, 15) is 0 Å². The number of amidine groups is 1. The second-order valence-electron chi connectivity index (χ2n) is 7.46. The van der Waals surface area contributed by atoms with Gasteiger partial charge in [-0.05, 0) is 42.6 Å². The summed E-state index contributed by atoms with van der Waals surface area (Å²) in [4.78, 5) is 9.82. The van der Waals surface area contributed by atoms with E-state index in [-0.39, 0.29) is 12.1 Å². The topological polar surface area (TPSA) is 110 Å². The number of anilines is 1. The van der Waals surface area contributed by atoms with Crippen LogP contribution in [0.15, 0.2) is 50.7 Å². The Bertz CT molecular complexity index is 921. The lowest BCUT2D eigenvalue weighted by Crippen LogP contribution is -2.47. The highest BCUT2D eigenvalue weighted by atomic mass is 16.5. The molecular weight excluding hydrogens is 384 g/mol. The van der Waals surface area contributed by atoms with Gasteiger partial charge in [-0.3, -0.25) is 9.91 Å². The number of aliphatic imine (C=N–C) groups is 1. The molecule has 3 heterocycles. The maximum atomic E-state index is 8.77. The van der Waals surface area contributed by atoms with Crippen LogP contribution in [0.1, 0.15) is 12.8 Å². The van der Waals surface area contributed by atoms with Crippen LogP contribution in [0.3, 0.4) is 0 Å². The van der Waals surface area contributed by atoms with Crippen molar-refractivity contribution in [3.05, 3.63) is 46.0 Å². The van der Waals surface area contributed by atoms with Crippen molar-refractivity contribution in [2.75, 3.05) is 45.7 Å². The highest BCUT2D eigenvalue weighted by Crippen LogP contribution is 2.29. The van der Waals surface area contributed by atoms with Gasteiger partial charge in [0.15, 0.2) is 5.84 Å². The molecule has 1 fully saturated rings. The van der Waals surface area contributed by atoms with Crippen molar-refractivity contribution in [3.8, 4) is 5.75 Å². The maximum Gasteiger partial charge on any atom is 0.157 e. The number of nitrogens with zero attached hydrogens (tertiary/aromatic N) is 7. The number of hydrogen-bond acceptors (Lipinski definition) is 8. The normalized spacial score (nSPS) is 23.7. The first-order chi connectivity index (χ1) is 14.7. The Morgan fingerprint density at radius 2 is 2.23 bits per heavy atom. The molecule has 0 saturated carbocycles. The summed E-state index contributed by atoms with van der Waals surface area (Å²) in [5.74, 6) is 1.58. The van der Waals surface area contributed by atoms with Crippen molar-refractivity contribution in [2.24, 2.45) is 15.2 Å². The van der Waals surface area contributed by atoms with Crippen molar-refractivity contribution in [3.63, 3.8) is 0 Å². The number of azide groups is 1. The largest absolute Gasteiger partial charge is 0.497 e. The van der Waals surface area contributed by atoms with Crippen LogP contribution in [-0.4, -0.2) is 74.6 Å². The molecule has 0 aliphatic carbocycles. The van der Waals surface area contributed by atoms with E-state index in [1.165, 1.54) is 5.57 Å². The fraction of sp³-hybridized carbons (Fsp3) is 0.500. The number of hydrazone groups is 1. The van der Waals surface area contributed by atoms with Crippen LogP contribution in [0, 0.1) is 0 Å². The number of ether oxygens (including phenoxy) is 2. The first-order valence-corrected chi connectivity index (χ1v) is 10.0. The Morgan fingerprint density at radius 1 is 1.33 bits per heavy atom. The lowest BCUT2D eigenvalue weighted by molar-refractivity contribution is 0.0199. The fourth-order valence-corrected chi connectivity index (χ4v) is 4.16. The first-order valence-electron chi connectivity index (χ1n) is 10.0. The zero-order valence-electron chi connectivity index (χ0n) is 17.2. The second-order valence-corrected chi connectivity index (χ2v) is 7.46. The van der Waals surface area contributed by atoms with E-state index < -0.39 is 0 Å². The number of likely N-dealkylation sites (tertiary alicyclic amines) is 1. The Labute approximate surface area is 175 Å². The van der Waals surface area contributed by atoms with Crippen molar-refractivity contribution >= 4 is 17.9 Å². The maximum absolute atomic E-state index is 8.77. The van der Waals surface area contributed by atoms with Gasteiger partial charge in [0, 0.05) is 43.4 Å². The zero-order valence-corrected chi connectivity index (χ0v) is 17.2. The quantitative estimate of drug-likeness (QED) is 0.440. The molecule has 1 N–H and O–H groups in total. The molecule has 30 heavy (non-hydrogen) atoms. The zero-order chi connectivity index (χ0) is 20.9. The lowest BCUT2D eigenvalue weighted by Gasteiger charge is -2.36. The standard InChI is InChI=1S/C20H26N8O2/c1-29-16-5-3-4-15(10-16)24-20-19-14(6-9-28(19)23-13-22-20)11-27-8-7-17(25-26-21)18(12-27)30-2/h3-5,10,13,17-18H,6-9,11-12H2,1-2H3,(H,22,23,24)/t17-,18-/m1/s1. The molecule has 10 heteroatoms. The van der Waals surface area contributed by atoms with Crippen molar-refractivity contribution in [2.45, 2.75) is 25.0 Å². The number of fused-ring (bicyclic) bond motifs is 1. The van der Waals surface area contributed by atoms with E-state index in [4.69, 9.17) is 15.0 Å². The SMILES string of the molecule is COc1cccc(NC2=NC=NN3CCC(CN4CC[C@@H](N=[N+]=[N-])[C@H](OC)C4)=C23)c1. The molecule has 3 aliphatic heterocycles. The summed E-state index contributed by atoms with van der Waals surface area (Å²) in [6.45, 7) is 3.24. The van der Waals surface area contributed by atoms with Gasteiger partial charge in [-0.25, -0.2) is 4.99 Å². The summed E-state index contributed by atoms with van der Waals surface area (Å²) in [6, 6.07) is 7.67. The lowest BCUT2D eigenvalue weighted by atomic mass is 10.0. The summed E-state index contributed by atoms with van der Waals surface area (Å²) in [6.07, 6.45) is 3.21. The summed E-state index contributed by atoms with van der Waals surface area (Å²) < 4.78 is 10.9. The summed E-state index contributed by atoms with van der Waals surface area (Å²) in [5, 5.41) is 13.7. The van der Waals surface area contributed by atoms with Crippen LogP contribution >= 0.6 is 0 Å². The van der Waals surface area contributed by atoms with Crippen LogP contribution in [-0.2, 0) is 4.74 Å². The minimum absolute atomic E-state index is 0.0924. The Morgan fingerprint density at radius 3 is 3.03 bits per heavy atom. The summed E-state index contributed by atoms with van der Waals surface area (Å²) >= 11 is 0. The van der Waals surface area contributed by atoms with E-state index in [1.807, 2.05) is 29.3 Å². The van der Waals surface area contributed by atoms with Gasteiger partial charge in [-0.2, -0.15) is 5.10 Å². The number of benzene rings is 1. The monoisotopic (exact) mass is 410 g/mol. The van der Waals surface area contributed by atoms with E-state index in [2.05, 4.69) is 30.3 Å². The molecule has 1 saturated heterocycles.